The zero-order chi connectivity index (χ0) is 13.0. The smallest absolute Gasteiger partial charge is 0.163 e. The van der Waals surface area contributed by atoms with E-state index in [4.69, 9.17) is 0 Å². The molecule has 0 saturated carbocycles. The average Bonchev–Trinajstić information content (AvgIpc) is 2.25. The zero-order valence-electron chi connectivity index (χ0n) is 10.8. The van der Waals surface area contributed by atoms with Crippen molar-refractivity contribution in [1.82, 2.24) is 10.2 Å². The van der Waals surface area contributed by atoms with E-state index in [9.17, 15) is 8.78 Å². The first-order chi connectivity index (χ1) is 7.97. The lowest BCUT2D eigenvalue weighted by Gasteiger charge is -2.23. The number of benzene rings is 1. The van der Waals surface area contributed by atoms with Crippen LogP contribution in [0.15, 0.2) is 12.1 Å². The van der Waals surface area contributed by atoms with Gasteiger partial charge < -0.3 is 10.2 Å². The lowest BCUT2D eigenvalue weighted by atomic mass is 10.0. The van der Waals surface area contributed by atoms with Crippen LogP contribution in [-0.4, -0.2) is 32.1 Å². The number of halogens is 2. The molecule has 96 valence electrons. The van der Waals surface area contributed by atoms with E-state index in [0.717, 1.165) is 0 Å². The molecule has 0 bridgehead atoms. The maximum atomic E-state index is 13.9. The van der Waals surface area contributed by atoms with E-state index >= 15 is 0 Å². The number of likely N-dealkylation sites (N-methyl/N-ethyl adjacent to an activating group) is 2. The van der Waals surface area contributed by atoms with E-state index in [1.807, 2.05) is 25.9 Å². The second kappa shape index (κ2) is 6.07. The maximum Gasteiger partial charge on any atom is 0.163 e. The highest BCUT2D eigenvalue weighted by atomic mass is 19.2. The predicted octanol–water partition coefficient (Wildman–Crippen LogP) is 2.49. The topological polar surface area (TPSA) is 15.3 Å². The normalized spacial score (nSPS) is 13.1. The van der Waals surface area contributed by atoms with E-state index in [1.54, 1.807) is 19.1 Å². The molecule has 0 aromatic heterocycles. The lowest BCUT2D eigenvalue weighted by Crippen LogP contribution is -2.32. The van der Waals surface area contributed by atoms with Crippen molar-refractivity contribution in [3.63, 3.8) is 0 Å². The first kappa shape index (κ1) is 14.1. The highest BCUT2D eigenvalue weighted by Crippen LogP contribution is 2.22. The fourth-order valence-corrected chi connectivity index (χ4v) is 1.81. The van der Waals surface area contributed by atoms with Crippen molar-refractivity contribution >= 4 is 0 Å². The molecule has 0 spiro atoms. The first-order valence-corrected chi connectivity index (χ1v) is 5.80. The molecule has 2 nitrogen and oxygen atoms in total. The predicted molar refractivity (Wildman–Crippen MR) is 66.1 cm³/mol. The Balaban J connectivity index is 3.05. The summed E-state index contributed by atoms with van der Waals surface area (Å²) in [6.45, 7) is 4.86. The molecular weight excluding hydrogens is 222 g/mol. The molecule has 0 aliphatic carbocycles. The molecule has 1 atom stereocenters. The Morgan fingerprint density at radius 3 is 2.41 bits per heavy atom. The van der Waals surface area contributed by atoms with Gasteiger partial charge in [-0.2, -0.15) is 0 Å². The average molecular weight is 242 g/mol. The molecule has 0 radical (unpaired) electrons. The molecule has 0 saturated heterocycles. The minimum atomic E-state index is -0.746. The van der Waals surface area contributed by atoms with Gasteiger partial charge in [0.15, 0.2) is 11.6 Å². The van der Waals surface area contributed by atoms with Gasteiger partial charge >= 0.3 is 0 Å². The molecule has 0 heterocycles. The van der Waals surface area contributed by atoms with Crippen molar-refractivity contribution in [2.45, 2.75) is 19.9 Å². The van der Waals surface area contributed by atoms with Gasteiger partial charge in [0, 0.05) is 18.2 Å². The van der Waals surface area contributed by atoms with Gasteiger partial charge in [0.1, 0.15) is 0 Å². The van der Waals surface area contributed by atoms with Gasteiger partial charge in [0.25, 0.3) is 0 Å². The highest BCUT2D eigenvalue weighted by Gasteiger charge is 2.19. The molecule has 0 fully saturated rings. The second-order valence-electron chi connectivity index (χ2n) is 4.47. The van der Waals surface area contributed by atoms with Crippen LogP contribution in [0.5, 0.6) is 0 Å². The highest BCUT2D eigenvalue weighted by molar-refractivity contribution is 5.28. The number of rotatable bonds is 5. The Kier molecular flexibility index (Phi) is 5.02. The third kappa shape index (κ3) is 3.48. The Morgan fingerprint density at radius 1 is 1.24 bits per heavy atom. The molecule has 0 amide bonds. The third-order valence-corrected chi connectivity index (χ3v) is 2.68. The largest absolute Gasteiger partial charge is 0.309 e. The van der Waals surface area contributed by atoms with Gasteiger partial charge in [-0.05, 0) is 33.1 Å². The van der Waals surface area contributed by atoms with Crippen molar-refractivity contribution in [1.29, 1.82) is 0 Å². The second-order valence-corrected chi connectivity index (χ2v) is 4.47. The molecule has 0 aliphatic rings. The minimum Gasteiger partial charge on any atom is -0.309 e. The summed E-state index contributed by atoms with van der Waals surface area (Å²) in [7, 11) is 3.82. The van der Waals surface area contributed by atoms with Gasteiger partial charge in [-0.3, -0.25) is 0 Å². The van der Waals surface area contributed by atoms with Crippen LogP contribution in [0.1, 0.15) is 24.1 Å². The SMILES string of the molecule is CCNC(CN(C)C)c1ccc(C)c(F)c1F. The molecule has 1 N–H and O–H groups in total. The van der Waals surface area contributed by atoms with Crippen LogP contribution in [0.2, 0.25) is 0 Å². The number of aryl methyl sites for hydroxylation is 1. The summed E-state index contributed by atoms with van der Waals surface area (Å²) in [4.78, 5) is 1.95. The van der Waals surface area contributed by atoms with E-state index in [0.29, 0.717) is 24.2 Å². The van der Waals surface area contributed by atoms with Crippen molar-refractivity contribution in [3.8, 4) is 0 Å². The summed E-state index contributed by atoms with van der Waals surface area (Å²) in [5.74, 6) is -1.48. The Morgan fingerprint density at radius 2 is 1.88 bits per heavy atom. The van der Waals surface area contributed by atoms with Crippen LogP contribution in [0.25, 0.3) is 0 Å². The molecule has 1 rings (SSSR count). The summed E-state index contributed by atoms with van der Waals surface area (Å²) in [5.41, 5.74) is 0.731. The molecule has 1 aromatic carbocycles. The van der Waals surface area contributed by atoms with Gasteiger partial charge in [0.05, 0.1) is 0 Å². The van der Waals surface area contributed by atoms with E-state index in [-0.39, 0.29) is 6.04 Å². The van der Waals surface area contributed by atoms with Crippen LogP contribution in [0, 0.1) is 18.6 Å². The Labute approximate surface area is 102 Å². The fourth-order valence-electron chi connectivity index (χ4n) is 1.81. The summed E-state index contributed by atoms with van der Waals surface area (Å²) >= 11 is 0. The molecule has 4 heteroatoms. The molecule has 1 aromatic rings. The summed E-state index contributed by atoms with van der Waals surface area (Å²) < 4.78 is 27.4. The number of nitrogens with zero attached hydrogens (tertiary/aromatic N) is 1. The summed E-state index contributed by atoms with van der Waals surface area (Å²) in [6, 6.07) is 3.09. The van der Waals surface area contributed by atoms with Crippen molar-refractivity contribution < 1.29 is 8.78 Å². The lowest BCUT2D eigenvalue weighted by molar-refractivity contribution is 0.336. The fraction of sp³-hybridized carbons (Fsp3) is 0.538. The first-order valence-electron chi connectivity index (χ1n) is 5.80. The van der Waals surface area contributed by atoms with Crippen molar-refractivity contribution in [3.05, 3.63) is 34.9 Å². The van der Waals surface area contributed by atoms with Gasteiger partial charge in [-0.25, -0.2) is 8.78 Å². The molecule has 0 aliphatic heterocycles. The van der Waals surface area contributed by atoms with Crippen LogP contribution in [-0.2, 0) is 0 Å². The summed E-state index contributed by atoms with van der Waals surface area (Å²) in [6.07, 6.45) is 0. The summed E-state index contributed by atoms with van der Waals surface area (Å²) in [5, 5.41) is 3.17. The van der Waals surface area contributed by atoms with E-state index < -0.39 is 11.6 Å². The zero-order valence-corrected chi connectivity index (χ0v) is 10.8. The number of nitrogens with one attached hydrogen (secondary N) is 1. The molecule has 17 heavy (non-hydrogen) atoms. The van der Waals surface area contributed by atoms with Gasteiger partial charge in [-0.15, -0.1) is 0 Å². The van der Waals surface area contributed by atoms with Crippen LogP contribution < -0.4 is 5.32 Å². The van der Waals surface area contributed by atoms with Crippen LogP contribution in [0.4, 0.5) is 8.78 Å². The monoisotopic (exact) mass is 242 g/mol. The maximum absolute atomic E-state index is 13.9. The van der Waals surface area contributed by atoms with E-state index in [2.05, 4.69) is 5.32 Å². The van der Waals surface area contributed by atoms with Crippen LogP contribution >= 0.6 is 0 Å². The third-order valence-electron chi connectivity index (χ3n) is 2.68. The molecular formula is C13H20F2N2. The number of hydrogen-bond donors (Lipinski definition) is 1. The quantitative estimate of drug-likeness (QED) is 0.853. The van der Waals surface area contributed by atoms with Gasteiger partial charge in [-0.1, -0.05) is 19.1 Å². The van der Waals surface area contributed by atoms with Crippen LogP contribution in [0.3, 0.4) is 0 Å². The van der Waals surface area contributed by atoms with Crippen molar-refractivity contribution in [2.75, 3.05) is 27.2 Å². The Bertz CT molecular complexity index is 378. The molecule has 1 unspecified atom stereocenters. The Hall–Kier alpha value is -1.00. The van der Waals surface area contributed by atoms with Gasteiger partial charge in [0.2, 0.25) is 0 Å². The number of hydrogen-bond acceptors (Lipinski definition) is 2. The standard InChI is InChI=1S/C13H20F2N2/c1-5-16-11(8-17(3)4)10-7-6-9(2)12(14)13(10)15/h6-7,11,16H,5,8H2,1-4H3. The minimum absolute atomic E-state index is 0.190. The van der Waals surface area contributed by atoms with Crippen molar-refractivity contribution in [2.24, 2.45) is 0 Å². The van der Waals surface area contributed by atoms with E-state index in [1.165, 1.54) is 0 Å².